The Morgan fingerprint density at radius 3 is 2.83 bits per heavy atom. The van der Waals surface area contributed by atoms with Crippen LogP contribution < -0.4 is 0 Å². The lowest BCUT2D eigenvalue weighted by atomic mass is 9.81. The summed E-state index contributed by atoms with van der Waals surface area (Å²) in [5.41, 5.74) is 1.11. The van der Waals surface area contributed by atoms with Gasteiger partial charge in [-0.25, -0.2) is 0 Å². The van der Waals surface area contributed by atoms with E-state index in [2.05, 4.69) is 0 Å². The second-order valence-corrected chi connectivity index (χ2v) is 7.19. The van der Waals surface area contributed by atoms with Crippen molar-refractivity contribution in [3.8, 4) is 0 Å². The summed E-state index contributed by atoms with van der Waals surface area (Å²) < 4.78 is 0. The number of fused-ring (bicyclic) bond motifs is 1. The van der Waals surface area contributed by atoms with E-state index in [1.54, 1.807) is 4.90 Å². The molecule has 2 atom stereocenters. The van der Waals surface area contributed by atoms with Gasteiger partial charge in [-0.1, -0.05) is 25.1 Å². The monoisotopic (exact) mass is 330 g/mol. The van der Waals surface area contributed by atoms with Crippen LogP contribution in [0, 0.1) is 5.92 Å². The predicted molar refractivity (Wildman–Crippen MR) is 91.4 cm³/mol. The number of benzene rings is 1. The van der Waals surface area contributed by atoms with Gasteiger partial charge in [0, 0.05) is 44.1 Å². The summed E-state index contributed by atoms with van der Waals surface area (Å²) in [6.07, 6.45) is 1.82. The second kappa shape index (κ2) is 6.55. The third-order valence-corrected chi connectivity index (χ3v) is 5.55. The van der Waals surface area contributed by atoms with Crippen molar-refractivity contribution >= 4 is 11.8 Å². The largest absolute Gasteiger partial charge is 0.390 e. The number of amides is 2. The van der Waals surface area contributed by atoms with Crippen molar-refractivity contribution in [1.29, 1.82) is 0 Å². The maximum atomic E-state index is 12.5. The van der Waals surface area contributed by atoms with Crippen molar-refractivity contribution in [2.24, 2.45) is 5.92 Å². The van der Waals surface area contributed by atoms with Crippen molar-refractivity contribution < 1.29 is 14.7 Å². The molecule has 1 N–H and O–H groups in total. The number of hydrogen-bond acceptors (Lipinski definition) is 3. The maximum Gasteiger partial charge on any atom is 0.254 e. The van der Waals surface area contributed by atoms with E-state index in [1.807, 2.05) is 43.0 Å². The standard InChI is InChI=1S/C19H26N2O3/c1-3-15-13-20(11-9-19(15,2)24)17(22)8-10-21-12-14-6-4-5-7-16(14)18(21)23/h4-7,15,24H,3,8-13H2,1-2H3/t15-,19+/m0/s1. The molecule has 1 saturated heterocycles. The van der Waals surface area contributed by atoms with E-state index in [4.69, 9.17) is 0 Å². The fourth-order valence-electron chi connectivity index (χ4n) is 3.80. The molecule has 24 heavy (non-hydrogen) atoms. The predicted octanol–water partition coefficient (Wildman–Crippen LogP) is 2.04. The van der Waals surface area contributed by atoms with E-state index in [0.29, 0.717) is 39.0 Å². The van der Waals surface area contributed by atoms with E-state index in [-0.39, 0.29) is 17.7 Å². The number of piperidine rings is 1. The zero-order chi connectivity index (χ0) is 17.3. The zero-order valence-electron chi connectivity index (χ0n) is 14.5. The highest BCUT2D eigenvalue weighted by atomic mass is 16.3. The van der Waals surface area contributed by atoms with Gasteiger partial charge in [0.25, 0.3) is 5.91 Å². The molecule has 5 nitrogen and oxygen atoms in total. The molecule has 0 radical (unpaired) electrons. The molecule has 0 spiro atoms. The Hall–Kier alpha value is -1.88. The summed E-state index contributed by atoms with van der Waals surface area (Å²) in [6, 6.07) is 7.62. The minimum atomic E-state index is -0.682. The smallest absolute Gasteiger partial charge is 0.254 e. The molecule has 2 aliphatic heterocycles. The Labute approximate surface area is 143 Å². The second-order valence-electron chi connectivity index (χ2n) is 7.19. The average Bonchev–Trinajstić information content (AvgIpc) is 2.89. The molecule has 0 aromatic heterocycles. The first-order valence-corrected chi connectivity index (χ1v) is 8.79. The van der Waals surface area contributed by atoms with Gasteiger partial charge in [-0.2, -0.15) is 0 Å². The van der Waals surface area contributed by atoms with Gasteiger partial charge in [-0.05, 0) is 31.4 Å². The van der Waals surface area contributed by atoms with Gasteiger partial charge in [0.15, 0.2) is 0 Å². The van der Waals surface area contributed by atoms with Crippen LogP contribution >= 0.6 is 0 Å². The van der Waals surface area contributed by atoms with Gasteiger partial charge in [-0.15, -0.1) is 0 Å². The molecule has 2 aliphatic rings. The molecular formula is C19H26N2O3. The third-order valence-electron chi connectivity index (χ3n) is 5.55. The molecule has 1 aromatic rings. The first-order valence-electron chi connectivity index (χ1n) is 8.79. The molecule has 0 unspecified atom stereocenters. The molecule has 3 rings (SSSR count). The fraction of sp³-hybridized carbons (Fsp3) is 0.579. The summed E-state index contributed by atoms with van der Waals surface area (Å²) >= 11 is 0. The number of likely N-dealkylation sites (tertiary alicyclic amines) is 1. The quantitative estimate of drug-likeness (QED) is 0.919. The van der Waals surface area contributed by atoms with E-state index in [0.717, 1.165) is 17.5 Å². The Morgan fingerprint density at radius 1 is 1.38 bits per heavy atom. The molecule has 5 heteroatoms. The van der Waals surface area contributed by atoms with Crippen LogP contribution in [-0.4, -0.2) is 52.0 Å². The zero-order valence-corrected chi connectivity index (χ0v) is 14.5. The number of rotatable bonds is 4. The molecule has 2 amide bonds. The summed E-state index contributed by atoms with van der Waals surface area (Å²) in [4.78, 5) is 28.4. The number of aliphatic hydroxyl groups is 1. The summed E-state index contributed by atoms with van der Waals surface area (Å²) in [7, 11) is 0. The van der Waals surface area contributed by atoms with Gasteiger partial charge in [0.2, 0.25) is 5.91 Å². The third kappa shape index (κ3) is 3.18. The molecule has 0 aliphatic carbocycles. The minimum Gasteiger partial charge on any atom is -0.390 e. The topological polar surface area (TPSA) is 60.9 Å². The Kier molecular flexibility index (Phi) is 4.63. The van der Waals surface area contributed by atoms with Crippen molar-refractivity contribution in [3.63, 3.8) is 0 Å². The summed E-state index contributed by atoms with van der Waals surface area (Å²) in [5.74, 6) is 0.215. The molecular weight excluding hydrogens is 304 g/mol. The van der Waals surface area contributed by atoms with Crippen LogP contribution in [0.3, 0.4) is 0 Å². The lowest BCUT2D eigenvalue weighted by molar-refractivity contribution is -0.139. The first kappa shape index (κ1) is 17.0. The van der Waals surface area contributed by atoms with Crippen LogP contribution in [0.4, 0.5) is 0 Å². The van der Waals surface area contributed by atoms with Crippen LogP contribution in [-0.2, 0) is 11.3 Å². The lowest BCUT2D eigenvalue weighted by Crippen LogP contribution is -2.52. The molecule has 1 fully saturated rings. The maximum absolute atomic E-state index is 12.5. The summed E-state index contributed by atoms with van der Waals surface area (Å²) in [6.45, 7) is 6.16. The fourth-order valence-corrected chi connectivity index (χ4v) is 3.80. The Bertz CT molecular complexity index is 641. The lowest BCUT2D eigenvalue weighted by Gasteiger charge is -2.42. The van der Waals surface area contributed by atoms with Gasteiger partial charge < -0.3 is 14.9 Å². The number of carbonyl (C=O) groups is 2. The Balaban J connectivity index is 1.55. The SMILES string of the molecule is CC[C@H]1CN(C(=O)CCN2Cc3ccccc3C2=O)CC[C@@]1(C)O. The van der Waals surface area contributed by atoms with Crippen LogP contribution in [0.15, 0.2) is 24.3 Å². The molecule has 2 heterocycles. The van der Waals surface area contributed by atoms with Gasteiger partial charge in [0.1, 0.15) is 0 Å². The van der Waals surface area contributed by atoms with Crippen LogP contribution in [0.2, 0.25) is 0 Å². The molecule has 0 bridgehead atoms. The van der Waals surface area contributed by atoms with Crippen molar-refractivity contribution in [2.45, 2.75) is 45.3 Å². The van der Waals surface area contributed by atoms with E-state index in [9.17, 15) is 14.7 Å². The van der Waals surface area contributed by atoms with Gasteiger partial charge >= 0.3 is 0 Å². The van der Waals surface area contributed by atoms with E-state index in [1.165, 1.54) is 0 Å². The van der Waals surface area contributed by atoms with Crippen LogP contribution in [0.1, 0.15) is 49.0 Å². The number of nitrogens with zero attached hydrogens (tertiary/aromatic N) is 2. The first-order chi connectivity index (χ1) is 11.4. The van der Waals surface area contributed by atoms with E-state index >= 15 is 0 Å². The van der Waals surface area contributed by atoms with Crippen LogP contribution in [0.5, 0.6) is 0 Å². The highest BCUT2D eigenvalue weighted by Gasteiger charge is 2.38. The van der Waals surface area contributed by atoms with Crippen LogP contribution in [0.25, 0.3) is 0 Å². The Morgan fingerprint density at radius 2 is 2.12 bits per heavy atom. The molecule has 0 saturated carbocycles. The minimum absolute atomic E-state index is 0.0198. The highest BCUT2D eigenvalue weighted by molar-refractivity contribution is 5.98. The average molecular weight is 330 g/mol. The summed E-state index contributed by atoms with van der Waals surface area (Å²) in [5, 5.41) is 10.4. The van der Waals surface area contributed by atoms with Gasteiger partial charge in [-0.3, -0.25) is 9.59 Å². The molecule has 1 aromatic carbocycles. The highest BCUT2D eigenvalue weighted by Crippen LogP contribution is 2.30. The normalized spacial score (nSPS) is 26.6. The van der Waals surface area contributed by atoms with Crippen molar-refractivity contribution in [2.75, 3.05) is 19.6 Å². The number of hydrogen-bond donors (Lipinski definition) is 1. The number of carbonyl (C=O) groups excluding carboxylic acids is 2. The van der Waals surface area contributed by atoms with Crippen molar-refractivity contribution in [1.82, 2.24) is 9.80 Å². The molecule has 130 valence electrons. The van der Waals surface area contributed by atoms with Crippen molar-refractivity contribution in [3.05, 3.63) is 35.4 Å². The van der Waals surface area contributed by atoms with Gasteiger partial charge in [0.05, 0.1) is 5.60 Å². The van der Waals surface area contributed by atoms with E-state index < -0.39 is 5.60 Å².